The number of nitrogens with zero attached hydrogens (tertiary/aromatic N) is 2. The van der Waals surface area contributed by atoms with Crippen molar-refractivity contribution in [3.63, 3.8) is 0 Å². The van der Waals surface area contributed by atoms with Gasteiger partial charge in [0.05, 0.1) is 13.2 Å². The average Bonchev–Trinajstić information content (AvgIpc) is 2.64. The molecule has 0 aliphatic carbocycles. The molecule has 1 aliphatic heterocycles. The highest BCUT2D eigenvalue weighted by Crippen LogP contribution is 2.12. The van der Waals surface area contributed by atoms with E-state index in [-0.39, 0.29) is 6.03 Å². The SMILES string of the molecule is CCCCN(CC)CCc1ccc(NC(=O)N2CCOCC2)cc1. The molecule has 5 nitrogen and oxygen atoms in total. The molecule has 2 rings (SSSR count). The molecule has 1 saturated heterocycles. The quantitative estimate of drug-likeness (QED) is 0.794. The van der Waals surface area contributed by atoms with Crippen LogP contribution in [-0.4, -0.2) is 61.8 Å². The van der Waals surface area contributed by atoms with E-state index in [9.17, 15) is 4.79 Å². The van der Waals surface area contributed by atoms with Crippen molar-refractivity contribution in [2.24, 2.45) is 0 Å². The van der Waals surface area contributed by atoms with Crippen molar-refractivity contribution in [3.8, 4) is 0 Å². The second-order valence-corrected chi connectivity index (χ2v) is 6.26. The fraction of sp³-hybridized carbons (Fsp3) is 0.632. The van der Waals surface area contributed by atoms with Gasteiger partial charge in [0.2, 0.25) is 0 Å². The lowest BCUT2D eigenvalue weighted by molar-refractivity contribution is 0.0564. The number of anilines is 1. The second-order valence-electron chi connectivity index (χ2n) is 6.26. The van der Waals surface area contributed by atoms with Gasteiger partial charge in [0.1, 0.15) is 0 Å². The first-order chi connectivity index (χ1) is 11.7. The minimum absolute atomic E-state index is 0.0391. The van der Waals surface area contributed by atoms with E-state index in [0.717, 1.165) is 25.2 Å². The fourth-order valence-corrected chi connectivity index (χ4v) is 2.82. The van der Waals surface area contributed by atoms with Crippen LogP contribution in [0.15, 0.2) is 24.3 Å². The van der Waals surface area contributed by atoms with E-state index in [4.69, 9.17) is 4.74 Å². The Morgan fingerprint density at radius 1 is 1.17 bits per heavy atom. The summed E-state index contributed by atoms with van der Waals surface area (Å²) < 4.78 is 5.27. The molecule has 0 radical (unpaired) electrons. The molecule has 0 spiro atoms. The van der Waals surface area contributed by atoms with E-state index < -0.39 is 0 Å². The van der Waals surface area contributed by atoms with E-state index in [2.05, 4.69) is 36.2 Å². The maximum atomic E-state index is 12.2. The molecule has 5 heteroatoms. The van der Waals surface area contributed by atoms with Gasteiger partial charge >= 0.3 is 6.03 Å². The Balaban J connectivity index is 1.78. The minimum atomic E-state index is -0.0391. The molecule has 1 aromatic carbocycles. The number of unbranched alkanes of at least 4 members (excludes halogenated alkanes) is 1. The molecule has 134 valence electrons. The molecule has 1 heterocycles. The summed E-state index contributed by atoms with van der Waals surface area (Å²) in [5.74, 6) is 0. The van der Waals surface area contributed by atoms with Crippen LogP contribution in [0.4, 0.5) is 10.5 Å². The van der Waals surface area contributed by atoms with E-state index in [1.165, 1.54) is 24.9 Å². The van der Waals surface area contributed by atoms with Crippen LogP contribution in [0.5, 0.6) is 0 Å². The number of carbonyl (C=O) groups excluding carboxylic acids is 1. The zero-order chi connectivity index (χ0) is 17.2. The van der Waals surface area contributed by atoms with Crippen LogP contribution in [0.1, 0.15) is 32.3 Å². The van der Waals surface area contributed by atoms with Gasteiger partial charge in [-0.3, -0.25) is 0 Å². The van der Waals surface area contributed by atoms with Gasteiger partial charge in [0.15, 0.2) is 0 Å². The number of amides is 2. The van der Waals surface area contributed by atoms with Crippen molar-refractivity contribution in [1.29, 1.82) is 0 Å². The maximum Gasteiger partial charge on any atom is 0.321 e. The van der Waals surface area contributed by atoms with E-state index in [1.54, 1.807) is 4.90 Å². The molecule has 1 N–H and O–H groups in total. The number of ether oxygens (including phenoxy) is 1. The van der Waals surface area contributed by atoms with Gasteiger partial charge in [0, 0.05) is 25.3 Å². The number of nitrogens with one attached hydrogen (secondary N) is 1. The van der Waals surface area contributed by atoms with E-state index in [0.29, 0.717) is 26.3 Å². The van der Waals surface area contributed by atoms with Crippen molar-refractivity contribution in [2.45, 2.75) is 33.1 Å². The highest BCUT2D eigenvalue weighted by molar-refractivity contribution is 5.89. The molecule has 24 heavy (non-hydrogen) atoms. The number of benzene rings is 1. The van der Waals surface area contributed by atoms with Crippen molar-refractivity contribution < 1.29 is 9.53 Å². The summed E-state index contributed by atoms with van der Waals surface area (Å²) in [6.07, 6.45) is 3.56. The lowest BCUT2D eigenvalue weighted by Crippen LogP contribution is -2.43. The fourth-order valence-electron chi connectivity index (χ4n) is 2.82. The van der Waals surface area contributed by atoms with E-state index >= 15 is 0 Å². The highest BCUT2D eigenvalue weighted by Gasteiger charge is 2.16. The van der Waals surface area contributed by atoms with Crippen molar-refractivity contribution in [3.05, 3.63) is 29.8 Å². The van der Waals surface area contributed by atoms with Crippen LogP contribution < -0.4 is 5.32 Å². The van der Waals surface area contributed by atoms with Crippen LogP contribution in [0.3, 0.4) is 0 Å². The number of hydrogen-bond acceptors (Lipinski definition) is 3. The Morgan fingerprint density at radius 2 is 1.88 bits per heavy atom. The smallest absolute Gasteiger partial charge is 0.321 e. The van der Waals surface area contributed by atoms with Crippen LogP contribution in [0.25, 0.3) is 0 Å². The molecule has 1 aromatic rings. The highest BCUT2D eigenvalue weighted by atomic mass is 16.5. The zero-order valence-electron chi connectivity index (χ0n) is 15.1. The van der Waals surface area contributed by atoms with E-state index in [1.807, 2.05) is 12.1 Å². The summed E-state index contributed by atoms with van der Waals surface area (Å²) >= 11 is 0. The predicted molar refractivity (Wildman–Crippen MR) is 98.6 cm³/mol. The minimum Gasteiger partial charge on any atom is -0.378 e. The molecule has 0 bridgehead atoms. The summed E-state index contributed by atoms with van der Waals surface area (Å²) in [7, 11) is 0. The normalized spacial score (nSPS) is 14.9. The molecule has 0 atom stereocenters. The van der Waals surface area contributed by atoms with Gasteiger partial charge < -0.3 is 19.9 Å². The van der Waals surface area contributed by atoms with Crippen LogP contribution in [0, 0.1) is 0 Å². The van der Waals surface area contributed by atoms with Crippen LogP contribution in [0.2, 0.25) is 0 Å². The first-order valence-electron chi connectivity index (χ1n) is 9.18. The van der Waals surface area contributed by atoms with Crippen molar-refractivity contribution in [2.75, 3.05) is 51.3 Å². The predicted octanol–water partition coefficient (Wildman–Crippen LogP) is 3.22. The standard InChI is InChI=1S/C19H31N3O2/c1-3-5-11-21(4-2)12-10-17-6-8-18(9-7-17)20-19(23)22-13-15-24-16-14-22/h6-9H,3-5,10-16H2,1-2H3,(H,20,23). The Morgan fingerprint density at radius 3 is 2.50 bits per heavy atom. The summed E-state index contributed by atoms with van der Waals surface area (Å²) in [4.78, 5) is 16.5. The van der Waals surface area contributed by atoms with Gasteiger partial charge in [-0.25, -0.2) is 4.79 Å². The summed E-state index contributed by atoms with van der Waals surface area (Å²) in [6.45, 7) is 10.4. The third-order valence-corrected chi connectivity index (χ3v) is 4.50. The summed E-state index contributed by atoms with van der Waals surface area (Å²) in [6, 6.07) is 8.18. The second kappa shape index (κ2) is 10.3. The number of likely N-dealkylation sites (N-methyl/N-ethyl adjacent to an activating group) is 1. The largest absolute Gasteiger partial charge is 0.378 e. The first-order valence-corrected chi connectivity index (χ1v) is 9.18. The molecular formula is C19H31N3O2. The molecule has 1 fully saturated rings. The molecule has 0 saturated carbocycles. The number of hydrogen-bond donors (Lipinski definition) is 1. The average molecular weight is 333 g/mol. The van der Waals surface area contributed by atoms with Gasteiger partial charge in [-0.15, -0.1) is 0 Å². The number of carbonyl (C=O) groups is 1. The topological polar surface area (TPSA) is 44.8 Å². The Kier molecular flexibility index (Phi) is 8.05. The molecule has 2 amide bonds. The lowest BCUT2D eigenvalue weighted by atomic mass is 10.1. The molecule has 0 aromatic heterocycles. The van der Waals surface area contributed by atoms with Crippen LogP contribution >= 0.6 is 0 Å². The lowest BCUT2D eigenvalue weighted by Gasteiger charge is -2.27. The van der Waals surface area contributed by atoms with Crippen LogP contribution in [-0.2, 0) is 11.2 Å². The third kappa shape index (κ3) is 6.13. The van der Waals surface area contributed by atoms with Gasteiger partial charge in [-0.1, -0.05) is 32.4 Å². The Hall–Kier alpha value is -1.59. The summed E-state index contributed by atoms with van der Waals surface area (Å²) in [5, 5.41) is 2.96. The van der Waals surface area contributed by atoms with Gasteiger partial charge in [-0.05, 0) is 43.6 Å². The third-order valence-electron chi connectivity index (χ3n) is 4.50. The van der Waals surface area contributed by atoms with Gasteiger partial charge in [-0.2, -0.15) is 0 Å². The van der Waals surface area contributed by atoms with Gasteiger partial charge in [0.25, 0.3) is 0 Å². The Labute approximate surface area is 146 Å². The maximum absolute atomic E-state index is 12.2. The zero-order valence-corrected chi connectivity index (χ0v) is 15.1. The molecule has 1 aliphatic rings. The monoisotopic (exact) mass is 333 g/mol. The molecule has 0 unspecified atom stereocenters. The van der Waals surface area contributed by atoms with Crippen molar-refractivity contribution >= 4 is 11.7 Å². The summed E-state index contributed by atoms with van der Waals surface area (Å²) in [5.41, 5.74) is 2.17. The number of morpholine rings is 1. The first kappa shape index (κ1) is 18.7. The van der Waals surface area contributed by atoms with Crippen molar-refractivity contribution in [1.82, 2.24) is 9.80 Å². The number of rotatable bonds is 8. The molecular weight excluding hydrogens is 302 g/mol. The number of urea groups is 1. The Bertz CT molecular complexity index is 484.